The molecule has 0 bridgehead atoms. The van der Waals surface area contributed by atoms with Gasteiger partial charge in [-0.3, -0.25) is 0 Å². The van der Waals surface area contributed by atoms with Gasteiger partial charge in [0.05, 0.1) is 11.4 Å². The number of nitrogens with zero attached hydrogens (tertiary/aromatic N) is 1. The summed E-state index contributed by atoms with van der Waals surface area (Å²) in [5.41, 5.74) is 7.00. The number of allylic oxidation sites excluding steroid dienone is 4. The van der Waals surface area contributed by atoms with E-state index in [9.17, 15) is 8.42 Å². The van der Waals surface area contributed by atoms with E-state index in [1.54, 1.807) is 17.4 Å². The maximum atomic E-state index is 12.5. The maximum Gasteiger partial charge on any atom is 0.281 e. The molecule has 3 N–H and O–H groups in total. The van der Waals surface area contributed by atoms with Crippen LogP contribution < -0.4 is 11.1 Å². The summed E-state index contributed by atoms with van der Waals surface area (Å²) in [7, 11) is -3.76. The monoisotopic (exact) mass is 367 g/mol. The second kappa shape index (κ2) is 7.11. The van der Waals surface area contributed by atoms with Crippen LogP contribution in [0.1, 0.15) is 39.0 Å². The van der Waals surface area contributed by atoms with Gasteiger partial charge in [0.1, 0.15) is 0 Å². The van der Waals surface area contributed by atoms with Crippen molar-refractivity contribution in [2.75, 3.05) is 0 Å². The van der Waals surface area contributed by atoms with Gasteiger partial charge in [-0.1, -0.05) is 45.4 Å². The number of guanidine groups is 1. The number of thiophene rings is 1. The lowest BCUT2D eigenvalue weighted by atomic mass is 9.76. The Morgan fingerprint density at radius 1 is 1.42 bits per heavy atom. The molecule has 0 saturated carbocycles. The van der Waals surface area contributed by atoms with Gasteiger partial charge in [0, 0.05) is 4.88 Å². The summed E-state index contributed by atoms with van der Waals surface area (Å²) in [5, 5.41) is 4.79. The Balaban J connectivity index is 2.14. The zero-order valence-electron chi connectivity index (χ0n) is 14.5. The molecule has 0 spiro atoms. The molecule has 1 heterocycles. The van der Waals surface area contributed by atoms with Gasteiger partial charge in [-0.25, -0.2) is 0 Å². The smallest absolute Gasteiger partial charge is 0.281 e. The Hall–Kier alpha value is -1.60. The molecule has 0 saturated heterocycles. The molecule has 0 amide bonds. The molecule has 1 atom stereocenters. The molecule has 24 heavy (non-hydrogen) atoms. The average molecular weight is 368 g/mol. The minimum atomic E-state index is -3.76. The zero-order chi connectivity index (χ0) is 18.0. The topological polar surface area (TPSA) is 84.5 Å². The van der Waals surface area contributed by atoms with Crippen molar-refractivity contribution < 1.29 is 8.42 Å². The first-order valence-electron chi connectivity index (χ1n) is 7.87. The summed E-state index contributed by atoms with van der Waals surface area (Å²) >= 11 is 1.57. The van der Waals surface area contributed by atoms with E-state index in [0.717, 1.165) is 4.88 Å². The van der Waals surface area contributed by atoms with Crippen LogP contribution in [0.2, 0.25) is 0 Å². The summed E-state index contributed by atoms with van der Waals surface area (Å²) < 4.78 is 28.6. The van der Waals surface area contributed by atoms with Gasteiger partial charge < -0.3 is 11.1 Å². The summed E-state index contributed by atoms with van der Waals surface area (Å²) in [6.45, 7) is 8.90. The molecule has 0 fully saturated rings. The highest BCUT2D eigenvalue weighted by atomic mass is 32.2. The third-order valence-corrected chi connectivity index (χ3v) is 6.21. The maximum absolute atomic E-state index is 12.5. The lowest BCUT2D eigenvalue weighted by molar-refractivity contribution is 0.431. The van der Waals surface area contributed by atoms with Crippen molar-refractivity contribution in [2.45, 2.75) is 40.7 Å². The Kier molecular flexibility index (Phi) is 5.55. The lowest BCUT2D eigenvalue weighted by Crippen LogP contribution is -2.32. The fraction of sp³-hybridized carbons (Fsp3) is 0.471. The van der Waals surface area contributed by atoms with E-state index in [1.165, 1.54) is 5.57 Å². The highest BCUT2D eigenvalue weighted by molar-refractivity contribution is 7.94. The molecule has 1 aromatic heterocycles. The quantitative estimate of drug-likeness (QED) is 0.631. The largest absolute Gasteiger partial charge is 0.369 e. The van der Waals surface area contributed by atoms with Crippen molar-refractivity contribution >= 4 is 27.3 Å². The number of nitrogens with two attached hydrogens (primary N) is 1. The van der Waals surface area contributed by atoms with Gasteiger partial charge in [-0.05, 0) is 35.3 Å². The fourth-order valence-corrected chi connectivity index (χ4v) is 4.60. The number of nitrogens with one attached hydrogen (secondary N) is 1. The minimum Gasteiger partial charge on any atom is -0.369 e. The van der Waals surface area contributed by atoms with Crippen molar-refractivity contribution in [3.8, 4) is 0 Å². The Morgan fingerprint density at radius 3 is 2.67 bits per heavy atom. The van der Waals surface area contributed by atoms with Crippen molar-refractivity contribution in [1.82, 2.24) is 5.32 Å². The minimum absolute atomic E-state index is 0.0236. The summed E-state index contributed by atoms with van der Waals surface area (Å²) in [6.07, 6.45) is 4.02. The van der Waals surface area contributed by atoms with Gasteiger partial charge in [0.25, 0.3) is 10.0 Å². The normalized spacial score (nSPS) is 19.7. The molecule has 132 valence electrons. The summed E-state index contributed by atoms with van der Waals surface area (Å²) in [6, 6.07) is 3.88. The van der Waals surface area contributed by atoms with Crippen molar-refractivity contribution in [3.05, 3.63) is 45.0 Å². The predicted molar refractivity (Wildman–Crippen MR) is 101 cm³/mol. The second-order valence-electron chi connectivity index (χ2n) is 6.99. The third-order valence-electron chi connectivity index (χ3n) is 3.93. The SMILES string of the molecule is CC1CC(S(=O)(=O)/N=C(/N)NCc2cccs2)=CC=C1C(C)(C)C. The van der Waals surface area contributed by atoms with E-state index < -0.39 is 10.0 Å². The van der Waals surface area contributed by atoms with Crippen LogP contribution in [0.15, 0.2) is 44.5 Å². The molecule has 1 aliphatic rings. The molecule has 1 unspecified atom stereocenters. The van der Waals surface area contributed by atoms with E-state index in [4.69, 9.17) is 5.73 Å². The van der Waals surface area contributed by atoms with Gasteiger partial charge in [-0.2, -0.15) is 8.42 Å². The lowest BCUT2D eigenvalue weighted by Gasteiger charge is -2.30. The number of sulfonamides is 1. The fourth-order valence-electron chi connectivity index (χ4n) is 2.82. The Morgan fingerprint density at radius 2 is 2.12 bits per heavy atom. The van der Waals surface area contributed by atoms with Crippen LogP contribution in [-0.4, -0.2) is 14.4 Å². The molecule has 1 aromatic rings. The molecule has 7 heteroatoms. The van der Waals surface area contributed by atoms with Crippen LogP contribution in [0, 0.1) is 11.3 Å². The molecule has 2 rings (SSSR count). The van der Waals surface area contributed by atoms with Crippen LogP contribution in [-0.2, 0) is 16.6 Å². The van der Waals surface area contributed by atoms with Crippen LogP contribution in [0.5, 0.6) is 0 Å². The first-order chi connectivity index (χ1) is 11.1. The van der Waals surface area contributed by atoms with Crippen LogP contribution >= 0.6 is 11.3 Å². The van der Waals surface area contributed by atoms with Crippen LogP contribution in [0.25, 0.3) is 0 Å². The second-order valence-corrected chi connectivity index (χ2v) is 9.68. The van der Waals surface area contributed by atoms with Crippen LogP contribution in [0.3, 0.4) is 0 Å². The van der Waals surface area contributed by atoms with E-state index in [1.807, 2.05) is 30.5 Å². The van der Waals surface area contributed by atoms with E-state index in [2.05, 4.69) is 30.5 Å². The molecular weight excluding hydrogens is 342 g/mol. The summed E-state index contributed by atoms with van der Waals surface area (Å²) in [5.74, 6) is 0.0813. The zero-order valence-corrected chi connectivity index (χ0v) is 16.2. The molecule has 1 aliphatic carbocycles. The first-order valence-corrected chi connectivity index (χ1v) is 10.2. The highest BCUT2D eigenvalue weighted by Gasteiger charge is 2.29. The Bertz CT molecular complexity index is 767. The highest BCUT2D eigenvalue weighted by Crippen LogP contribution is 2.38. The van der Waals surface area contributed by atoms with Crippen molar-refractivity contribution in [2.24, 2.45) is 21.5 Å². The van der Waals surface area contributed by atoms with Crippen molar-refractivity contribution in [1.29, 1.82) is 0 Å². The predicted octanol–water partition coefficient (Wildman–Crippen LogP) is 3.38. The number of rotatable bonds is 4. The third kappa shape index (κ3) is 4.70. The van der Waals surface area contributed by atoms with E-state index in [-0.39, 0.29) is 17.3 Å². The molecular formula is C17H25N3O2S2. The van der Waals surface area contributed by atoms with E-state index >= 15 is 0 Å². The molecule has 5 nitrogen and oxygen atoms in total. The van der Waals surface area contributed by atoms with Gasteiger partial charge >= 0.3 is 0 Å². The Labute approximate surface area is 148 Å². The average Bonchev–Trinajstić information content (AvgIpc) is 2.96. The van der Waals surface area contributed by atoms with Crippen molar-refractivity contribution in [3.63, 3.8) is 0 Å². The standard InChI is InChI=1S/C17H25N3O2S2/c1-12-10-14(7-8-15(12)17(2,3)4)24(21,22)20-16(18)19-11-13-6-5-9-23-13/h5-9,12H,10-11H2,1-4H3,(H3,18,19,20). The van der Waals surface area contributed by atoms with Crippen LogP contribution in [0.4, 0.5) is 0 Å². The molecule has 0 radical (unpaired) electrons. The van der Waals surface area contributed by atoms with Gasteiger partial charge in [-0.15, -0.1) is 15.7 Å². The first kappa shape index (κ1) is 18.7. The van der Waals surface area contributed by atoms with E-state index in [0.29, 0.717) is 17.9 Å². The van der Waals surface area contributed by atoms with Gasteiger partial charge in [0.2, 0.25) is 5.96 Å². The molecule has 0 aliphatic heterocycles. The number of hydrogen-bond donors (Lipinski definition) is 2. The summed E-state index contributed by atoms with van der Waals surface area (Å²) in [4.78, 5) is 1.37. The molecule has 0 aromatic carbocycles. The number of hydrogen-bond acceptors (Lipinski definition) is 3. The van der Waals surface area contributed by atoms with Gasteiger partial charge in [0.15, 0.2) is 0 Å².